The third-order valence-corrected chi connectivity index (χ3v) is 5.89. The van der Waals surface area contributed by atoms with Crippen molar-refractivity contribution in [1.29, 1.82) is 0 Å². The first-order valence-electron chi connectivity index (χ1n) is 9.95. The second kappa shape index (κ2) is 8.63. The first kappa shape index (κ1) is 19.5. The summed E-state index contributed by atoms with van der Waals surface area (Å²) in [6.45, 7) is 4.36. The Kier molecular flexibility index (Phi) is 6.24. The van der Waals surface area contributed by atoms with Crippen molar-refractivity contribution in [1.82, 2.24) is 10.2 Å². The van der Waals surface area contributed by atoms with E-state index in [9.17, 15) is 4.79 Å². The predicted molar refractivity (Wildman–Crippen MR) is 109 cm³/mol. The Morgan fingerprint density at radius 1 is 1.26 bits per heavy atom. The molecule has 1 aromatic rings. The second-order valence-electron chi connectivity index (χ2n) is 7.85. The van der Waals surface area contributed by atoms with Gasteiger partial charge in [-0.15, -0.1) is 0 Å². The van der Waals surface area contributed by atoms with Crippen LogP contribution in [0.4, 0.5) is 5.69 Å². The molecule has 0 aromatic heterocycles. The summed E-state index contributed by atoms with van der Waals surface area (Å²) in [6.07, 6.45) is 8.14. The number of carbonyl (C=O) groups excluding carboxylic acids is 1. The van der Waals surface area contributed by atoms with E-state index >= 15 is 0 Å². The molecule has 2 N–H and O–H groups in total. The maximum Gasteiger partial charge on any atom is 0.221 e. The van der Waals surface area contributed by atoms with Gasteiger partial charge < -0.3 is 20.3 Å². The van der Waals surface area contributed by atoms with Gasteiger partial charge in [0.15, 0.2) is 5.96 Å². The standard InChI is InChI=1S/C21H32N4O2/c1-16(26)24-18-13-17(7-8-19(18)27-3)14-23-20(22-2)25-12-11-21(15-25)9-5-4-6-10-21/h7-8,13H,4-6,9-12,14-15H2,1-3H3,(H,22,23)(H,24,26). The predicted octanol–water partition coefficient (Wildman–Crippen LogP) is 3.39. The fraction of sp³-hybridized carbons (Fsp3) is 0.619. The highest BCUT2D eigenvalue weighted by Crippen LogP contribution is 2.43. The van der Waals surface area contributed by atoms with Crippen LogP contribution in [0, 0.1) is 5.41 Å². The van der Waals surface area contributed by atoms with Crippen LogP contribution in [0.5, 0.6) is 5.75 Å². The number of methoxy groups -OCH3 is 1. The van der Waals surface area contributed by atoms with Crippen LogP contribution in [0.2, 0.25) is 0 Å². The smallest absolute Gasteiger partial charge is 0.221 e. The van der Waals surface area contributed by atoms with Crippen molar-refractivity contribution in [2.45, 2.75) is 52.0 Å². The summed E-state index contributed by atoms with van der Waals surface area (Å²) in [4.78, 5) is 18.3. The molecule has 0 atom stereocenters. The van der Waals surface area contributed by atoms with Gasteiger partial charge in [0, 0.05) is 33.6 Å². The van der Waals surface area contributed by atoms with Gasteiger partial charge in [0.25, 0.3) is 0 Å². The molecule has 1 aliphatic heterocycles. The van der Waals surface area contributed by atoms with Crippen molar-refractivity contribution in [2.24, 2.45) is 10.4 Å². The summed E-state index contributed by atoms with van der Waals surface area (Å²) in [5, 5.41) is 6.32. The molecule has 1 heterocycles. The minimum atomic E-state index is -0.107. The summed E-state index contributed by atoms with van der Waals surface area (Å²) in [5.41, 5.74) is 2.28. The lowest BCUT2D eigenvalue weighted by atomic mass is 9.73. The highest BCUT2D eigenvalue weighted by Gasteiger charge is 2.39. The van der Waals surface area contributed by atoms with Crippen LogP contribution in [-0.4, -0.2) is 44.0 Å². The molecule has 0 bridgehead atoms. The Bertz CT molecular complexity index is 695. The van der Waals surface area contributed by atoms with Gasteiger partial charge in [0.2, 0.25) is 5.91 Å². The summed E-state index contributed by atoms with van der Waals surface area (Å²) < 4.78 is 5.33. The molecule has 6 heteroatoms. The van der Waals surface area contributed by atoms with E-state index in [2.05, 4.69) is 20.5 Å². The molecule has 0 unspecified atom stereocenters. The van der Waals surface area contributed by atoms with Crippen LogP contribution in [0.1, 0.15) is 51.0 Å². The van der Waals surface area contributed by atoms with Gasteiger partial charge in [-0.05, 0) is 42.4 Å². The highest BCUT2D eigenvalue weighted by molar-refractivity contribution is 5.90. The maximum absolute atomic E-state index is 11.4. The van der Waals surface area contributed by atoms with E-state index < -0.39 is 0 Å². The Morgan fingerprint density at radius 3 is 2.70 bits per heavy atom. The molecule has 1 saturated heterocycles. The summed E-state index contributed by atoms with van der Waals surface area (Å²) in [6, 6.07) is 5.85. The van der Waals surface area contributed by atoms with E-state index in [1.54, 1.807) is 7.11 Å². The van der Waals surface area contributed by atoms with Gasteiger partial charge >= 0.3 is 0 Å². The Balaban J connectivity index is 1.62. The van der Waals surface area contributed by atoms with E-state index in [1.165, 1.54) is 45.4 Å². The monoisotopic (exact) mass is 372 g/mol. The van der Waals surface area contributed by atoms with Crippen molar-refractivity contribution >= 4 is 17.6 Å². The number of nitrogens with one attached hydrogen (secondary N) is 2. The van der Waals surface area contributed by atoms with E-state index in [1.807, 2.05) is 25.2 Å². The minimum absolute atomic E-state index is 0.107. The highest BCUT2D eigenvalue weighted by atomic mass is 16.5. The van der Waals surface area contributed by atoms with Gasteiger partial charge in [-0.2, -0.15) is 0 Å². The average molecular weight is 373 g/mol. The molecule has 0 radical (unpaired) electrons. The topological polar surface area (TPSA) is 66.0 Å². The molecule has 1 saturated carbocycles. The zero-order valence-electron chi connectivity index (χ0n) is 16.8. The maximum atomic E-state index is 11.4. The van der Waals surface area contributed by atoms with Gasteiger partial charge in [-0.3, -0.25) is 9.79 Å². The number of hydrogen-bond donors (Lipinski definition) is 2. The summed E-state index contributed by atoms with van der Waals surface area (Å²) in [7, 11) is 3.46. The molecule has 1 amide bonds. The number of guanidine groups is 1. The number of amides is 1. The lowest BCUT2D eigenvalue weighted by molar-refractivity contribution is -0.114. The molecule has 3 rings (SSSR count). The Morgan fingerprint density at radius 2 is 2.04 bits per heavy atom. The largest absolute Gasteiger partial charge is 0.495 e. The molecule has 1 spiro atoms. The van der Waals surface area contributed by atoms with Crippen molar-refractivity contribution in [3.8, 4) is 5.75 Å². The zero-order chi connectivity index (χ0) is 19.3. The van der Waals surface area contributed by atoms with Gasteiger partial charge in [0.1, 0.15) is 5.75 Å². The normalized spacial score (nSPS) is 19.2. The summed E-state index contributed by atoms with van der Waals surface area (Å²) >= 11 is 0. The zero-order valence-corrected chi connectivity index (χ0v) is 16.8. The van der Waals surface area contributed by atoms with Crippen LogP contribution in [-0.2, 0) is 11.3 Å². The first-order chi connectivity index (χ1) is 13.0. The molecule has 6 nitrogen and oxygen atoms in total. The van der Waals surface area contributed by atoms with Crippen LogP contribution in [0.15, 0.2) is 23.2 Å². The SMILES string of the molecule is CN=C(NCc1ccc(OC)c(NC(C)=O)c1)N1CCC2(CCCCC2)C1. The van der Waals surface area contributed by atoms with Crippen molar-refractivity contribution in [2.75, 3.05) is 32.6 Å². The van der Waals surface area contributed by atoms with Crippen molar-refractivity contribution in [3.05, 3.63) is 23.8 Å². The summed E-state index contributed by atoms with van der Waals surface area (Å²) in [5.74, 6) is 1.52. The number of carbonyl (C=O) groups is 1. The molecular weight excluding hydrogens is 340 g/mol. The van der Waals surface area contributed by atoms with E-state index in [4.69, 9.17) is 4.74 Å². The average Bonchev–Trinajstić information content (AvgIpc) is 3.05. The number of likely N-dealkylation sites (tertiary alicyclic amines) is 1. The second-order valence-corrected chi connectivity index (χ2v) is 7.85. The molecule has 1 aromatic carbocycles. The van der Waals surface area contributed by atoms with Crippen LogP contribution < -0.4 is 15.4 Å². The van der Waals surface area contributed by atoms with Gasteiger partial charge in [-0.25, -0.2) is 0 Å². The van der Waals surface area contributed by atoms with Crippen LogP contribution in [0.25, 0.3) is 0 Å². The van der Waals surface area contributed by atoms with E-state index in [0.29, 0.717) is 23.4 Å². The number of aliphatic imine (C=N–C) groups is 1. The third-order valence-electron chi connectivity index (χ3n) is 5.89. The van der Waals surface area contributed by atoms with Crippen LogP contribution >= 0.6 is 0 Å². The van der Waals surface area contributed by atoms with E-state index in [-0.39, 0.29) is 5.91 Å². The first-order valence-corrected chi connectivity index (χ1v) is 9.95. The molecular formula is C21H32N4O2. The molecule has 2 aliphatic rings. The van der Waals surface area contributed by atoms with Crippen molar-refractivity contribution < 1.29 is 9.53 Å². The van der Waals surface area contributed by atoms with Crippen LogP contribution in [0.3, 0.4) is 0 Å². The molecule has 2 fully saturated rings. The number of ether oxygens (including phenoxy) is 1. The number of nitrogens with zero attached hydrogens (tertiary/aromatic N) is 2. The Labute approximate surface area is 162 Å². The van der Waals surface area contributed by atoms with Gasteiger partial charge in [-0.1, -0.05) is 25.3 Å². The number of hydrogen-bond acceptors (Lipinski definition) is 3. The quantitative estimate of drug-likeness (QED) is 0.628. The lowest BCUT2D eigenvalue weighted by Gasteiger charge is -2.33. The molecule has 27 heavy (non-hydrogen) atoms. The molecule has 148 valence electrons. The number of benzene rings is 1. The minimum Gasteiger partial charge on any atom is -0.495 e. The fourth-order valence-electron chi connectivity index (χ4n) is 4.49. The number of rotatable bonds is 4. The fourth-order valence-corrected chi connectivity index (χ4v) is 4.49. The Hall–Kier alpha value is -2.24. The molecule has 1 aliphatic carbocycles. The lowest BCUT2D eigenvalue weighted by Crippen LogP contribution is -2.41. The van der Waals surface area contributed by atoms with Gasteiger partial charge in [0.05, 0.1) is 12.8 Å². The number of anilines is 1. The van der Waals surface area contributed by atoms with Crippen molar-refractivity contribution in [3.63, 3.8) is 0 Å². The third kappa shape index (κ3) is 4.73. The van der Waals surface area contributed by atoms with E-state index in [0.717, 1.165) is 24.6 Å².